The van der Waals surface area contributed by atoms with Gasteiger partial charge < -0.3 is 15.2 Å². The van der Waals surface area contributed by atoms with Gasteiger partial charge in [-0.3, -0.25) is 9.78 Å². The molecule has 2 amide bonds. The van der Waals surface area contributed by atoms with Gasteiger partial charge in [-0.2, -0.15) is 17.5 Å². The van der Waals surface area contributed by atoms with Crippen molar-refractivity contribution in [3.8, 4) is 0 Å². The van der Waals surface area contributed by atoms with E-state index in [9.17, 15) is 32.1 Å². The van der Waals surface area contributed by atoms with Crippen LogP contribution in [0.3, 0.4) is 0 Å². The Morgan fingerprint density at radius 1 is 1.33 bits per heavy atom. The van der Waals surface area contributed by atoms with E-state index >= 15 is 0 Å². The predicted molar refractivity (Wildman–Crippen MR) is 102 cm³/mol. The van der Waals surface area contributed by atoms with Gasteiger partial charge in [-0.25, -0.2) is 9.00 Å². The molecule has 30 heavy (non-hydrogen) atoms. The van der Waals surface area contributed by atoms with Crippen molar-refractivity contribution in [1.29, 1.82) is 0 Å². The number of hydrogen-bond donors (Lipinski definition) is 2. The number of amides is 2. The first-order chi connectivity index (χ1) is 13.7. The molecule has 1 aromatic rings. The van der Waals surface area contributed by atoms with Gasteiger partial charge in [0.25, 0.3) is 5.91 Å². The molecular formula is C18H24F3N3O5S. The third kappa shape index (κ3) is 5.91. The van der Waals surface area contributed by atoms with Crippen molar-refractivity contribution in [3.05, 3.63) is 30.1 Å². The van der Waals surface area contributed by atoms with Crippen molar-refractivity contribution in [2.75, 3.05) is 11.5 Å². The molecule has 0 saturated heterocycles. The number of nitrogens with one attached hydrogen (secondary N) is 1. The Kier molecular flexibility index (Phi) is 6.82. The third-order valence-corrected chi connectivity index (χ3v) is 6.54. The first kappa shape index (κ1) is 24.1. The van der Waals surface area contributed by atoms with Crippen LogP contribution in [0, 0.1) is 0 Å². The van der Waals surface area contributed by atoms with E-state index in [1.165, 1.54) is 12.1 Å². The second-order valence-corrected chi connectivity index (χ2v) is 10.5. The fourth-order valence-electron chi connectivity index (χ4n) is 2.76. The molecule has 0 aliphatic carbocycles. The average Bonchev–Trinajstić information content (AvgIpc) is 2.60. The largest absolute Gasteiger partial charge is 0.444 e. The molecule has 2 N–H and O–H groups in total. The van der Waals surface area contributed by atoms with Gasteiger partial charge >= 0.3 is 12.3 Å². The maximum atomic E-state index is 13.5. The Hall–Kier alpha value is -2.21. The molecule has 168 valence electrons. The summed E-state index contributed by atoms with van der Waals surface area (Å²) in [5, 5.41) is 12.6. The van der Waals surface area contributed by atoms with Crippen LogP contribution in [0.25, 0.3) is 0 Å². The molecule has 8 nitrogen and oxygen atoms in total. The van der Waals surface area contributed by atoms with Crippen LogP contribution in [0.4, 0.5) is 18.0 Å². The molecule has 1 aromatic heterocycles. The van der Waals surface area contributed by atoms with Crippen molar-refractivity contribution in [3.63, 3.8) is 0 Å². The molecule has 0 radical (unpaired) electrons. The number of halogens is 3. The topological polar surface area (TPSA) is 118 Å². The first-order valence-electron chi connectivity index (χ1n) is 9.12. The number of carbonyl (C=O) groups excluding carboxylic acids is 2. The lowest BCUT2D eigenvalue weighted by Crippen LogP contribution is -2.47. The van der Waals surface area contributed by atoms with Crippen LogP contribution < -0.4 is 5.32 Å². The van der Waals surface area contributed by atoms with Crippen molar-refractivity contribution >= 4 is 21.7 Å². The molecule has 0 aromatic carbocycles. The highest BCUT2D eigenvalue weighted by molar-refractivity contribution is 7.93. The molecule has 3 atom stereocenters. The lowest BCUT2D eigenvalue weighted by atomic mass is 9.95. The molecule has 12 heteroatoms. The molecule has 1 aliphatic heterocycles. The quantitative estimate of drug-likeness (QED) is 0.710. The van der Waals surface area contributed by atoms with E-state index in [1.54, 1.807) is 20.8 Å². The van der Waals surface area contributed by atoms with Crippen molar-refractivity contribution in [1.82, 2.24) is 10.3 Å². The highest BCUT2D eigenvalue weighted by atomic mass is 32.2. The van der Waals surface area contributed by atoms with Gasteiger partial charge in [0.05, 0.1) is 15.4 Å². The number of rotatable bonds is 5. The van der Waals surface area contributed by atoms with Crippen LogP contribution in [-0.2, 0) is 24.9 Å². The number of hydrogen-bond acceptors (Lipinski definition) is 6. The molecule has 0 fully saturated rings. The van der Waals surface area contributed by atoms with Gasteiger partial charge in [0.15, 0.2) is 0 Å². The summed E-state index contributed by atoms with van der Waals surface area (Å²) < 4.78 is 62.1. The van der Waals surface area contributed by atoms with Crippen LogP contribution in [0.5, 0.6) is 0 Å². The van der Waals surface area contributed by atoms with E-state index in [0.29, 0.717) is 0 Å². The lowest BCUT2D eigenvalue weighted by molar-refractivity contribution is -0.268. The van der Waals surface area contributed by atoms with Crippen molar-refractivity contribution in [2.24, 2.45) is 4.36 Å². The Morgan fingerprint density at radius 3 is 2.50 bits per heavy atom. The molecule has 2 unspecified atom stereocenters. The Labute approximate surface area is 172 Å². The van der Waals surface area contributed by atoms with Crippen LogP contribution in [0.15, 0.2) is 28.8 Å². The minimum atomic E-state index is -5.07. The highest BCUT2D eigenvalue weighted by Crippen LogP contribution is 2.41. The summed E-state index contributed by atoms with van der Waals surface area (Å²) in [7, 11) is -3.35. The summed E-state index contributed by atoms with van der Waals surface area (Å²) in [5.41, 5.74) is -4.75. The van der Waals surface area contributed by atoms with Gasteiger partial charge in [-0.05, 0) is 39.3 Å². The zero-order valence-corrected chi connectivity index (χ0v) is 17.5. The molecule has 2 heterocycles. The number of alkyl carbamates (subject to hydrolysis) is 1. The fourth-order valence-corrected chi connectivity index (χ4v) is 4.82. The van der Waals surface area contributed by atoms with Crippen LogP contribution >= 0.6 is 0 Å². The van der Waals surface area contributed by atoms with E-state index in [0.717, 1.165) is 12.3 Å². The SMILES string of the molecule is CC(C)(C)OC(=O)N[C@H]1CCS(=O)(CCC(O)(c2ccccn2)C(F)(F)F)=NC1=O. The summed E-state index contributed by atoms with van der Waals surface area (Å²) in [6, 6.07) is 2.63. The molecule has 2 rings (SSSR count). The summed E-state index contributed by atoms with van der Waals surface area (Å²) in [6.45, 7) is 4.90. The zero-order chi connectivity index (χ0) is 22.8. The number of aromatic nitrogens is 1. The molecule has 0 spiro atoms. The van der Waals surface area contributed by atoms with E-state index in [2.05, 4.69) is 14.7 Å². The zero-order valence-electron chi connectivity index (χ0n) is 16.7. The second kappa shape index (κ2) is 8.50. The predicted octanol–water partition coefficient (Wildman–Crippen LogP) is 2.51. The number of carbonyl (C=O) groups is 2. The molecule has 1 aliphatic rings. The van der Waals surface area contributed by atoms with E-state index < -0.39 is 63.0 Å². The van der Waals surface area contributed by atoms with Gasteiger partial charge in [-0.1, -0.05) is 6.07 Å². The number of nitrogens with zero attached hydrogens (tertiary/aromatic N) is 2. The molecule has 0 saturated carbocycles. The summed E-state index contributed by atoms with van der Waals surface area (Å²) in [6.07, 6.45) is -5.88. The highest BCUT2D eigenvalue weighted by Gasteiger charge is 2.56. The Bertz CT molecular complexity index is 908. The number of aliphatic hydroxyl groups is 1. The van der Waals surface area contributed by atoms with Crippen LogP contribution in [-0.4, -0.2) is 55.6 Å². The monoisotopic (exact) mass is 451 g/mol. The standard InChI is InChI=1S/C18H24F3N3O5S/c1-16(2,3)29-15(26)23-12-7-10-30(28,24-14(12)25)11-8-17(27,18(19,20)21)13-6-4-5-9-22-13/h4-6,9,12,27H,7-8,10-11H2,1-3H3,(H,23,26)/t12-,17?,30?/m0/s1. The molecule has 0 bridgehead atoms. The second-order valence-electron chi connectivity index (χ2n) is 7.92. The van der Waals surface area contributed by atoms with E-state index in [1.807, 2.05) is 0 Å². The van der Waals surface area contributed by atoms with Gasteiger partial charge in [0, 0.05) is 24.1 Å². The number of pyridine rings is 1. The van der Waals surface area contributed by atoms with E-state index in [-0.39, 0.29) is 12.2 Å². The molecular weight excluding hydrogens is 427 g/mol. The normalized spacial score (nSPS) is 24.5. The third-order valence-electron chi connectivity index (χ3n) is 4.31. The van der Waals surface area contributed by atoms with Gasteiger partial charge in [0.1, 0.15) is 11.6 Å². The Morgan fingerprint density at radius 2 is 2.00 bits per heavy atom. The fraction of sp³-hybridized carbons (Fsp3) is 0.611. The average molecular weight is 451 g/mol. The van der Waals surface area contributed by atoms with Crippen molar-refractivity contribution < 1.29 is 36.8 Å². The minimum absolute atomic E-state index is 0.0750. The smallest absolute Gasteiger partial charge is 0.423 e. The summed E-state index contributed by atoms with van der Waals surface area (Å²) in [5.74, 6) is -1.79. The maximum Gasteiger partial charge on any atom is 0.423 e. The number of ether oxygens (including phenoxy) is 1. The van der Waals surface area contributed by atoms with Gasteiger partial charge in [-0.15, -0.1) is 0 Å². The minimum Gasteiger partial charge on any atom is -0.444 e. The van der Waals surface area contributed by atoms with Gasteiger partial charge in [0.2, 0.25) is 5.60 Å². The number of alkyl halides is 3. The van der Waals surface area contributed by atoms with E-state index in [4.69, 9.17) is 4.74 Å². The lowest BCUT2D eigenvalue weighted by Gasteiger charge is -2.31. The van der Waals surface area contributed by atoms with Crippen LogP contribution in [0.2, 0.25) is 0 Å². The summed E-state index contributed by atoms with van der Waals surface area (Å²) >= 11 is 0. The van der Waals surface area contributed by atoms with Crippen molar-refractivity contribution in [2.45, 2.75) is 57.0 Å². The van der Waals surface area contributed by atoms with Crippen LogP contribution in [0.1, 0.15) is 39.3 Å². The maximum absolute atomic E-state index is 13.5. The first-order valence-corrected chi connectivity index (χ1v) is 11.0. The summed E-state index contributed by atoms with van der Waals surface area (Å²) in [4.78, 5) is 27.6. The Balaban J connectivity index is 2.14.